The molecule has 1 aliphatic rings. The van der Waals surface area contributed by atoms with Crippen LogP contribution in [0.25, 0.3) is 6.08 Å². The van der Waals surface area contributed by atoms with Crippen LogP contribution in [0.2, 0.25) is 0 Å². The molecule has 156 valence electrons. The number of benzene rings is 1. The number of hydrogen-bond acceptors (Lipinski definition) is 8. The number of ether oxygens (including phenoxy) is 4. The molecule has 0 radical (unpaired) electrons. The summed E-state index contributed by atoms with van der Waals surface area (Å²) in [5, 5.41) is 0. The van der Waals surface area contributed by atoms with Crippen molar-refractivity contribution in [3.8, 4) is 17.2 Å². The van der Waals surface area contributed by atoms with Crippen molar-refractivity contribution in [3.63, 3.8) is 0 Å². The van der Waals surface area contributed by atoms with Crippen LogP contribution in [0, 0.1) is 6.92 Å². The molecule has 0 saturated heterocycles. The molecule has 0 atom stereocenters. The van der Waals surface area contributed by atoms with Crippen LogP contribution in [-0.2, 0) is 4.74 Å². The number of carbonyl (C=O) groups excluding carboxylic acids is 2. The minimum absolute atomic E-state index is 0. The van der Waals surface area contributed by atoms with Gasteiger partial charge in [0.25, 0.3) is 0 Å². The number of allylic oxidation sites excluding steroid dienone is 1. The van der Waals surface area contributed by atoms with Crippen molar-refractivity contribution in [3.05, 3.63) is 33.2 Å². The van der Waals surface area contributed by atoms with Crippen LogP contribution in [0.5, 0.6) is 17.2 Å². The lowest BCUT2D eigenvalue weighted by atomic mass is 10.1. The topological polar surface area (TPSA) is 74.9 Å². The van der Waals surface area contributed by atoms with Gasteiger partial charge >= 0.3 is 16.2 Å². The zero-order chi connectivity index (χ0) is 20.4. The Morgan fingerprint density at radius 3 is 2.24 bits per heavy atom. The number of halogens is 1. The molecule has 0 aliphatic carbocycles. The Kier molecular flexibility index (Phi) is 7.56. The summed E-state index contributed by atoms with van der Waals surface area (Å²) >= 11 is 2.58. The molecule has 2 aromatic rings. The molecule has 3 rings (SSSR count). The number of carbonyl (C=O) groups is 2. The SMILES string of the molecule is CCOC(=O)c1sc2[n+](c1C)C(=O)/C(=C/c1cc(OC)c(OC)c(OC)c1)S2.Cl. The Morgan fingerprint density at radius 1 is 1.14 bits per heavy atom. The predicted molar refractivity (Wildman–Crippen MR) is 113 cm³/mol. The first-order valence-corrected chi connectivity index (χ1v) is 10.0. The molecule has 1 aliphatic heterocycles. The quantitative estimate of drug-likeness (QED) is 0.370. The standard InChI is InChI=1S/C19H20NO6S2.ClH/c1-6-26-18(22)16-10(2)20-17(21)14(27-19(20)28-16)9-11-7-12(23-3)15(25-5)13(8-11)24-4;/h7-9H,6H2,1-5H3;1H/q+1;/b14-9-;. The van der Waals surface area contributed by atoms with Gasteiger partial charge in [-0.15, -0.1) is 17.0 Å². The highest BCUT2D eigenvalue weighted by Crippen LogP contribution is 2.41. The highest BCUT2D eigenvalue weighted by molar-refractivity contribution is 8.05. The van der Waals surface area contributed by atoms with E-state index < -0.39 is 5.97 Å². The Bertz CT molecular complexity index is 960. The van der Waals surface area contributed by atoms with Gasteiger partial charge in [-0.3, -0.25) is 0 Å². The number of nitrogens with zero attached hydrogens (tertiary/aromatic N) is 1. The fraction of sp³-hybridized carbons (Fsp3) is 0.316. The van der Waals surface area contributed by atoms with E-state index in [-0.39, 0.29) is 18.3 Å². The van der Waals surface area contributed by atoms with E-state index in [1.807, 2.05) is 0 Å². The predicted octanol–water partition coefficient (Wildman–Crippen LogP) is 3.76. The summed E-state index contributed by atoms with van der Waals surface area (Å²) in [5.74, 6) is 0.911. The molecule has 0 spiro atoms. The highest BCUT2D eigenvalue weighted by atomic mass is 35.5. The third kappa shape index (κ3) is 4.22. The normalized spacial score (nSPS) is 13.7. The fourth-order valence-corrected chi connectivity index (χ4v) is 5.23. The smallest absolute Gasteiger partial charge is 0.433 e. The molecular formula is C19H21ClNO6S2+. The Balaban J connectivity index is 0.00000300. The molecule has 0 amide bonds. The van der Waals surface area contributed by atoms with Crippen molar-refractivity contribution in [2.75, 3.05) is 27.9 Å². The molecule has 0 saturated carbocycles. The maximum absolute atomic E-state index is 12.9. The van der Waals surface area contributed by atoms with E-state index in [9.17, 15) is 9.59 Å². The molecule has 7 nitrogen and oxygen atoms in total. The van der Waals surface area contributed by atoms with Crippen molar-refractivity contribution in [1.82, 2.24) is 0 Å². The molecule has 0 fully saturated rings. The summed E-state index contributed by atoms with van der Waals surface area (Å²) in [7, 11) is 4.61. The van der Waals surface area contributed by atoms with Gasteiger partial charge in [-0.25, -0.2) is 9.59 Å². The summed E-state index contributed by atoms with van der Waals surface area (Å²) in [5.41, 5.74) is 1.33. The average Bonchev–Trinajstić information content (AvgIpc) is 3.17. The van der Waals surface area contributed by atoms with Crippen LogP contribution in [0.3, 0.4) is 0 Å². The van der Waals surface area contributed by atoms with E-state index in [2.05, 4.69) is 0 Å². The highest BCUT2D eigenvalue weighted by Gasteiger charge is 2.43. The van der Waals surface area contributed by atoms with Crippen LogP contribution >= 0.6 is 35.5 Å². The first-order chi connectivity index (χ1) is 13.4. The third-order valence-corrected chi connectivity index (χ3v) is 6.49. The molecule has 0 unspecified atom stereocenters. The maximum atomic E-state index is 12.9. The van der Waals surface area contributed by atoms with Crippen molar-refractivity contribution in [2.45, 2.75) is 18.2 Å². The summed E-state index contributed by atoms with van der Waals surface area (Å²) in [6.45, 7) is 3.78. The lowest BCUT2D eigenvalue weighted by Crippen LogP contribution is -2.41. The summed E-state index contributed by atoms with van der Waals surface area (Å²) in [6.07, 6.45) is 1.76. The van der Waals surface area contributed by atoms with Crippen LogP contribution in [0.15, 0.2) is 21.4 Å². The van der Waals surface area contributed by atoms with Gasteiger partial charge in [-0.05, 0) is 42.0 Å². The Morgan fingerprint density at radius 2 is 1.76 bits per heavy atom. The van der Waals surface area contributed by atoms with E-state index in [0.717, 1.165) is 9.90 Å². The third-order valence-electron chi connectivity index (χ3n) is 4.09. The number of methoxy groups -OCH3 is 3. The van der Waals surface area contributed by atoms with Crippen molar-refractivity contribution in [1.29, 1.82) is 0 Å². The number of fused-ring (bicyclic) bond motifs is 1. The van der Waals surface area contributed by atoms with E-state index >= 15 is 0 Å². The van der Waals surface area contributed by atoms with Crippen molar-refractivity contribution >= 4 is 53.5 Å². The fourth-order valence-electron chi connectivity index (χ4n) is 2.81. The number of thiazole rings is 1. The zero-order valence-electron chi connectivity index (χ0n) is 16.6. The van der Waals surface area contributed by atoms with E-state index in [1.54, 1.807) is 36.6 Å². The Hall–Kier alpha value is -2.23. The number of esters is 1. The number of thioether (sulfide) groups is 1. The van der Waals surface area contributed by atoms with Gasteiger partial charge in [-0.1, -0.05) is 0 Å². The molecule has 1 aromatic carbocycles. The van der Waals surface area contributed by atoms with Crippen LogP contribution in [0.4, 0.5) is 0 Å². The van der Waals surface area contributed by atoms with E-state index in [1.165, 1.54) is 44.4 Å². The summed E-state index contributed by atoms with van der Waals surface area (Å²) in [6, 6.07) is 3.55. The van der Waals surface area contributed by atoms with Crippen LogP contribution in [0.1, 0.15) is 32.6 Å². The monoisotopic (exact) mass is 458 g/mol. The van der Waals surface area contributed by atoms with Gasteiger partial charge in [0.1, 0.15) is 4.91 Å². The van der Waals surface area contributed by atoms with Gasteiger partial charge in [0.05, 0.1) is 27.9 Å². The largest absolute Gasteiger partial charge is 0.493 e. The van der Waals surface area contributed by atoms with E-state index in [4.69, 9.17) is 18.9 Å². The second-order valence-electron chi connectivity index (χ2n) is 5.71. The van der Waals surface area contributed by atoms with Crippen LogP contribution in [-0.4, -0.2) is 39.8 Å². The number of hydrogen-bond donors (Lipinski definition) is 0. The van der Waals surface area contributed by atoms with Crippen LogP contribution < -0.4 is 18.8 Å². The molecule has 0 bridgehead atoms. The van der Waals surface area contributed by atoms with Gasteiger partial charge in [0, 0.05) is 18.7 Å². The molecule has 2 heterocycles. The van der Waals surface area contributed by atoms with E-state index in [0.29, 0.717) is 39.3 Å². The Labute approximate surface area is 183 Å². The van der Waals surface area contributed by atoms with Gasteiger partial charge in [0.15, 0.2) is 16.4 Å². The lowest BCUT2D eigenvalue weighted by molar-refractivity contribution is -0.606. The van der Waals surface area contributed by atoms with Gasteiger partial charge < -0.3 is 18.9 Å². The first-order valence-electron chi connectivity index (χ1n) is 8.41. The molecule has 29 heavy (non-hydrogen) atoms. The van der Waals surface area contributed by atoms with Gasteiger partial charge in [-0.2, -0.15) is 0 Å². The van der Waals surface area contributed by atoms with Gasteiger partial charge in [0.2, 0.25) is 11.4 Å². The second-order valence-corrected chi connectivity index (χ2v) is 8.00. The molecule has 0 N–H and O–H groups in total. The minimum Gasteiger partial charge on any atom is -0.493 e. The summed E-state index contributed by atoms with van der Waals surface area (Å²) in [4.78, 5) is 25.9. The first kappa shape index (κ1) is 23.1. The lowest BCUT2D eigenvalue weighted by Gasteiger charge is -2.12. The number of aromatic nitrogens is 1. The minimum atomic E-state index is -0.407. The molecular weight excluding hydrogens is 438 g/mol. The van der Waals surface area contributed by atoms with Crippen molar-refractivity contribution in [2.24, 2.45) is 0 Å². The maximum Gasteiger partial charge on any atom is 0.433 e. The second kappa shape index (κ2) is 9.51. The number of rotatable bonds is 6. The molecule has 1 aromatic heterocycles. The average molecular weight is 459 g/mol. The van der Waals surface area contributed by atoms with Crippen molar-refractivity contribution < 1.29 is 33.1 Å². The zero-order valence-corrected chi connectivity index (χ0v) is 19.0. The summed E-state index contributed by atoms with van der Waals surface area (Å²) < 4.78 is 23.4. The molecule has 10 heteroatoms.